The summed E-state index contributed by atoms with van der Waals surface area (Å²) in [5, 5.41) is 2.45. The Hall–Kier alpha value is -6.58. The highest BCUT2D eigenvalue weighted by Crippen LogP contribution is 2.41. The molecule has 9 rings (SSSR count). The van der Waals surface area contributed by atoms with Crippen molar-refractivity contribution >= 4 is 21.8 Å². The number of benzene rings is 7. The number of para-hydroxylation sites is 1. The summed E-state index contributed by atoms with van der Waals surface area (Å²) < 4.78 is 2.40. The number of hydrogen-bond acceptors (Lipinski definition) is 2. The molecule has 0 aliphatic carbocycles. The van der Waals surface area contributed by atoms with Crippen LogP contribution in [0.5, 0.6) is 0 Å². The molecule has 0 N–H and O–H groups in total. The highest BCUT2D eigenvalue weighted by molar-refractivity contribution is 6.15. The molecule has 0 saturated carbocycles. The molecule has 0 bridgehead atoms. The Bertz CT molecular complexity index is 2500. The lowest BCUT2D eigenvalue weighted by atomic mass is 9.95. The van der Waals surface area contributed by atoms with Crippen LogP contribution in [0.15, 0.2) is 188 Å². The van der Waals surface area contributed by atoms with Crippen molar-refractivity contribution < 1.29 is 0 Å². The van der Waals surface area contributed by atoms with Crippen LogP contribution in [0.25, 0.3) is 83.6 Å². The normalized spacial score (nSPS) is 11.3. The van der Waals surface area contributed by atoms with Crippen molar-refractivity contribution in [2.24, 2.45) is 0 Å². The van der Waals surface area contributed by atoms with Gasteiger partial charge >= 0.3 is 0 Å². The van der Waals surface area contributed by atoms with E-state index in [9.17, 15) is 0 Å². The van der Waals surface area contributed by atoms with Crippen LogP contribution in [0.3, 0.4) is 0 Å². The number of nitrogens with zero attached hydrogens (tertiary/aromatic N) is 3. The summed E-state index contributed by atoms with van der Waals surface area (Å²) in [5.74, 6) is 0.700. The first-order chi connectivity index (χ1) is 24.3. The van der Waals surface area contributed by atoms with Crippen LogP contribution in [-0.4, -0.2) is 14.5 Å². The van der Waals surface area contributed by atoms with Crippen molar-refractivity contribution in [1.29, 1.82) is 0 Å². The SMILES string of the molecule is c1ccc(-c2cc(-c3ccccc3)c3c(c2)c2ccccc2n3-c2ccc(-c3nc(-c4ccccc4)cc(-c4ccccc4)n3)cc2)cc1. The molecule has 9 aromatic rings. The molecule has 0 fully saturated rings. The Morgan fingerprint density at radius 3 is 1.45 bits per heavy atom. The predicted octanol–water partition coefficient (Wildman–Crippen LogP) is 11.9. The maximum atomic E-state index is 5.07. The van der Waals surface area contributed by atoms with E-state index in [2.05, 4.69) is 156 Å². The molecular formula is C46H31N3. The molecular weight excluding hydrogens is 595 g/mol. The lowest BCUT2D eigenvalue weighted by molar-refractivity contribution is 1.16. The second kappa shape index (κ2) is 12.2. The van der Waals surface area contributed by atoms with E-state index >= 15 is 0 Å². The predicted molar refractivity (Wildman–Crippen MR) is 204 cm³/mol. The number of hydrogen-bond donors (Lipinski definition) is 0. The minimum Gasteiger partial charge on any atom is -0.309 e. The van der Waals surface area contributed by atoms with Crippen molar-refractivity contribution in [2.45, 2.75) is 0 Å². The molecule has 3 nitrogen and oxygen atoms in total. The van der Waals surface area contributed by atoms with Gasteiger partial charge in [-0.2, -0.15) is 0 Å². The summed E-state index contributed by atoms with van der Waals surface area (Å²) in [6.45, 7) is 0. The van der Waals surface area contributed by atoms with Gasteiger partial charge in [0.15, 0.2) is 5.82 Å². The van der Waals surface area contributed by atoms with Crippen LogP contribution in [0.1, 0.15) is 0 Å². The highest BCUT2D eigenvalue weighted by atomic mass is 15.0. The van der Waals surface area contributed by atoms with Crippen LogP contribution < -0.4 is 0 Å². The highest BCUT2D eigenvalue weighted by Gasteiger charge is 2.19. The van der Waals surface area contributed by atoms with E-state index in [1.54, 1.807) is 0 Å². The first kappa shape index (κ1) is 28.6. The van der Waals surface area contributed by atoms with Gasteiger partial charge in [-0.3, -0.25) is 0 Å². The number of aromatic nitrogens is 3. The van der Waals surface area contributed by atoms with Crippen molar-refractivity contribution in [2.75, 3.05) is 0 Å². The van der Waals surface area contributed by atoms with Crippen molar-refractivity contribution in [3.8, 4) is 61.8 Å². The van der Waals surface area contributed by atoms with E-state index in [-0.39, 0.29) is 0 Å². The third kappa shape index (κ3) is 5.28. The lowest BCUT2D eigenvalue weighted by Gasteiger charge is -2.14. The Balaban J connectivity index is 1.23. The molecule has 49 heavy (non-hydrogen) atoms. The molecule has 0 radical (unpaired) electrons. The second-order valence-electron chi connectivity index (χ2n) is 12.2. The van der Waals surface area contributed by atoms with Crippen molar-refractivity contribution in [3.05, 3.63) is 188 Å². The van der Waals surface area contributed by atoms with Gasteiger partial charge in [0, 0.05) is 38.7 Å². The van der Waals surface area contributed by atoms with Gasteiger partial charge in [-0.1, -0.05) is 140 Å². The summed E-state index contributed by atoms with van der Waals surface area (Å²) in [6, 6.07) is 66.2. The lowest BCUT2D eigenvalue weighted by Crippen LogP contribution is -1.98. The van der Waals surface area contributed by atoms with Gasteiger partial charge in [0.1, 0.15) is 0 Å². The fourth-order valence-corrected chi connectivity index (χ4v) is 6.85. The van der Waals surface area contributed by atoms with E-state index in [1.165, 1.54) is 44.1 Å². The Morgan fingerprint density at radius 2 is 0.857 bits per heavy atom. The van der Waals surface area contributed by atoms with Crippen LogP contribution in [0.4, 0.5) is 0 Å². The van der Waals surface area contributed by atoms with Crippen molar-refractivity contribution in [1.82, 2.24) is 14.5 Å². The average Bonchev–Trinajstić information content (AvgIpc) is 3.53. The molecule has 0 amide bonds. The van der Waals surface area contributed by atoms with Gasteiger partial charge in [-0.25, -0.2) is 9.97 Å². The van der Waals surface area contributed by atoms with Gasteiger partial charge < -0.3 is 4.57 Å². The zero-order valence-corrected chi connectivity index (χ0v) is 26.7. The summed E-state index contributed by atoms with van der Waals surface area (Å²) in [6.07, 6.45) is 0. The van der Waals surface area contributed by atoms with E-state index in [1.807, 2.05) is 36.4 Å². The molecule has 230 valence electrons. The van der Waals surface area contributed by atoms with Gasteiger partial charge in [0.25, 0.3) is 0 Å². The molecule has 0 unspecified atom stereocenters. The number of rotatable bonds is 6. The maximum Gasteiger partial charge on any atom is 0.160 e. The zero-order chi connectivity index (χ0) is 32.6. The quantitative estimate of drug-likeness (QED) is 0.184. The summed E-state index contributed by atoms with van der Waals surface area (Å²) in [4.78, 5) is 10.1. The molecule has 0 spiro atoms. The molecule has 0 saturated heterocycles. The minimum absolute atomic E-state index is 0.700. The van der Waals surface area contributed by atoms with E-state index < -0.39 is 0 Å². The molecule has 2 aromatic heterocycles. The molecule has 0 aliphatic rings. The zero-order valence-electron chi connectivity index (χ0n) is 26.7. The maximum absolute atomic E-state index is 5.07. The third-order valence-electron chi connectivity index (χ3n) is 9.21. The van der Waals surface area contributed by atoms with Gasteiger partial charge in [-0.05, 0) is 65.2 Å². The monoisotopic (exact) mass is 625 g/mol. The average molecular weight is 626 g/mol. The fourth-order valence-electron chi connectivity index (χ4n) is 6.85. The van der Waals surface area contributed by atoms with Crippen LogP contribution >= 0.6 is 0 Å². The van der Waals surface area contributed by atoms with Crippen LogP contribution in [-0.2, 0) is 0 Å². The van der Waals surface area contributed by atoms with Crippen LogP contribution in [0.2, 0.25) is 0 Å². The Morgan fingerprint density at radius 1 is 0.347 bits per heavy atom. The summed E-state index contributed by atoms with van der Waals surface area (Å²) >= 11 is 0. The standard InChI is InChI=1S/C46H31N3/c1-5-15-32(16-6-1)37-29-40(33-17-7-2-8-18-33)45-41(30-37)39-23-13-14-24-44(39)49(45)38-27-25-36(26-28-38)46-47-42(34-19-9-3-10-20-34)31-43(48-46)35-21-11-4-12-22-35/h1-31H. The van der Waals surface area contributed by atoms with E-state index in [0.717, 1.165) is 33.8 Å². The summed E-state index contributed by atoms with van der Waals surface area (Å²) in [7, 11) is 0. The first-order valence-electron chi connectivity index (χ1n) is 16.6. The molecule has 0 atom stereocenters. The minimum atomic E-state index is 0.700. The molecule has 0 aliphatic heterocycles. The van der Waals surface area contributed by atoms with Gasteiger partial charge in [0.2, 0.25) is 0 Å². The van der Waals surface area contributed by atoms with Gasteiger partial charge in [0.05, 0.1) is 22.4 Å². The van der Waals surface area contributed by atoms with E-state index in [0.29, 0.717) is 5.82 Å². The van der Waals surface area contributed by atoms with Gasteiger partial charge in [-0.15, -0.1) is 0 Å². The summed E-state index contributed by atoms with van der Waals surface area (Å²) in [5.41, 5.74) is 13.1. The largest absolute Gasteiger partial charge is 0.309 e. The first-order valence-corrected chi connectivity index (χ1v) is 16.6. The fraction of sp³-hybridized carbons (Fsp3) is 0. The second-order valence-corrected chi connectivity index (χ2v) is 12.2. The molecule has 7 aromatic carbocycles. The number of fused-ring (bicyclic) bond motifs is 3. The molecule has 2 heterocycles. The van der Waals surface area contributed by atoms with E-state index in [4.69, 9.17) is 9.97 Å². The smallest absolute Gasteiger partial charge is 0.160 e. The Kier molecular flexibility index (Phi) is 7.14. The van der Waals surface area contributed by atoms with Crippen LogP contribution in [0, 0.1) is 0 Å². The topological polar surface area (TPSA) is 30.7 Å². The van der Waals surface area contributed by atoms with Crippen molar-refractivity contribution in [3.63, 3.8) is 0 Å². The Labute approximate surface area is 285 Å². The third-order valence-corrected chi connectivity index (χ3v) is 9.21. The molecule has 3 heteroatoms.